The lowest BCUT2D eigenvalue weighted by molar-refractivity contribution is -0.137. The van der Waals surface area contributed by atoms with E-state index in [4.69, 9.17) is 9.84 Å². The fraction of sp³-hybridized carbons (Fsp3) is 0.269. The Morgan fingerprint density at radius 3 is 2.75 bits per heavy atom. The molecule has 2 heterocycles. The number of allylic oxidation sites excluding steroid dienone is 1. The smallest absolute Gasteiger partial charge is 0.304 e. The highest BCUT2D eigenvalue weighted by molar-refractivity contribution is 9.11. The molecule has 3 aromatic rings. The van der Waals surface area contributed by atoms with Gasteiger partial charge in [0.1, 0.15) is 12.4 Å². The third-order valence-corrected chi connectivity index (χ3v) is 7.45. The minimum atomic E-state index is -0.830. The van der Waals surface area contributed by atoms with E-state index in [0.29, 0.717) is 6.61 Å². The molecule has 6 heteroatoms. The molecule has 0 amide bonds. The molecular formula is C26H26BrNO3S. The Kier molecular flexibility index (Phi) is 7.45. The van der Waals surface area contributed by atoms with Crippen molar-refractivity contribution in [3.63, 3.8) is 0 Å². The number of fused-ring (bicyclic) bond motifs is 1. The normalized spacial score (nSPS) is 14.5. The summed E-state index contributed by atoms with van der Waals surface area (Å²) in [6.45, 7) is 7.26. The summed E-state index contributed by atoms with van der Waals surface area (Å²) in [6, 6.07) is 18.4. The number of carbonyl (C=O) groups is 1. The number of hydrogen-bond acceptors (Lipinski definition) is 4. The van der Waals surface area contributed by atoms with Crippen LogP contribution in [0.15, 0.2) is 71.0 Å². The summed E-state index contributed by atoms with van der Waals surface area (Å²) in [4.78, 5) is 15.0. The third-order valence-electron chi connectivity index (χ3n) is 5.71. The molecule has 0 saturated heterocycles. The molecule has 2 aromatic carbocycles. The topological polar surface area (TPSA) is 49.8 Å². The van der Waals surface area contributed by atoms with Gasteiger partial charge in [-0.15, -0.1) is 17.9 Å². The van der Waals surface area contributed by atoms with Crippen LogP contribution in [0.5, 0.6) is 5.75 Å². The van der Waals surface area contributed by atoms with Crippen LogP contribution in [-0.4, -0.2) is 22.5 Å². The van der Waals surface area contributed by atoms with Gasteiger partial charge in [0.15, 0.2) is 0 Å². The van der Waals surface area contributed by atoms with E-state index in [-0.39, 0.29) is 12.3 Å². The Hall–Kier alpha value is -2.41. The quantitative estimate of drug-likeness (QED) is 0.338. The second-order valence-corrected chi connectivity index (χ2v) is 10.6. The number of nitrogens with zero attached hydrogens (tertiary/aromatic N) is 1. The maximum absolute atomic E-state index is 11.0. The lowest BCUT2D eigenvalue weighted by Crippen LogP contribution is -2.29. The number of hydrogen-bond donors (Lipinski definition) is 1. The molecular weight excluding hydrogens is 486 g/mol. The van der Waals surface area contributed by atoms with Gasteiger partial charge in [-0.1, -0.05) is 42.5 Å². The van der Waals surface area contributed by atoms with Gasteiger partial charge in [-0.2, -0.15) is 0 Å². The summed E-state index contributed by atoms with van der Waals surface area (Å²) < 4.78 is 7.20. The van der Waals surface area contributed by atoms with Gasteiger partial charge in [-0.05, 0) is 62.8 Å². The van der Waals surface area contributed by atoms with E-state index >= 15 is 0 Å². The standard InChI is InChI=1S/C26H26BrNO3S/c1-2-20(14-26(29)30)21-6-8-23(9-7-21)31-17-19-5-3-4-18(12-19)15-28-11-10-24-22(16-28)13-25(27)32-24/h2-9,12-13,20H,1,10-11,14-17H2,(H,29,30)/t20-/m0/s1. The van der Waals surface area contributed by atoms with Crippen LogP contribution in [0.1, 0.15) is 39.5 Å². The number of carboxylic acids is 1. The first kappa shape index (κ1) is 22.8. The van der Waals surface area contributed by atoms with Crippen molar-refractivity contribution < 1.29 is 14.6 Å². The maximum atomic E-state index is 11.0. The number of ether oxygens (including phenoxy) is 1. The highest BCUT2D eigenvalue weighted by Crippen LogP contribution is 2.32. The second kappa shape index (κ2) is 10.5. The summed E-state index contributed by atoms with van der Waals surface area (Å²) in [7, 11) is 0. The number of rotatable bonds is 9. The predicted molar refractivity (Wildman–Crippen MR) is 132 cm³/mol. The number of thiophene rings is 1. The van der Waals surface area contributed by atoms with Gasteiger partial charge in [0.25, 0.3) is 0 Å². The predicted octanol–water partition coefficient (Wildman–Crippen LogP) is 6.39. The average Bonchev–Trinajstić information content (AvgIpc) is 3.16. The molecule has 4 rings (SSSR count). The molecule has 0 spiro atoms. The van der Waals surface area contributed by atoms with Crippen molar-refractivity contribution in [2.75, 3.05) is 6.54 Å². The van der Waals surface area contributed by atoms with Crippen LogP contribution in [0.25, 0.3) is 0 Å². The monoisotopic (exact) mass is 511 g/mol. The largest absolute Gasteiger partial charge is 0.489 e. The van der Waals surface area contributed by atoms with Crippen molar-refractivity contribution in [2.24, 2.45) is 0 Å². The summed E-state index contributed by atoms with van der Waals surface area (Å²) in [6.07, 6.45) is 2.83. The van der Waals surface area contributed by atoms with Crippen LogP contribution in [0.4, 0.5) is 0 Å². The Morgan fingerprint density at radius 1 is 1.22 bits per heavy atom. The van der Waals surface area contributed by atoms with Gasteiger partial charge in [0, 0.05) is 30.4 Å². The van der Waals surface area contributed by atoms with Crippen molar-refractivity contribution in [3.8, 4) is 5.75 Å². The zero-order chi connectivity index (χ0) is 22.5. The van der Waals surface area contributed by atoms with E-state index in [1.165, 1.54) is 19.8 Å². The molecule has 1 aliphatic heterocycles. The van der Waals surface area contributed by atoms with E-state index in [0.717, 1.165) is 42.9 Å². The molecule has 1 aromatic heterocycles. The molecule has 0 saturated carbocycles. The van der Waals surface area contributed by atoms with Gasteiger partial charge in [-0.25, -0.2) is 0 Å². The highest BCUT2D eigenvalue weighted by Gasteiger charge is 2.19. The Bertz CT molecular complexity index is 1090. The van der Waals surface area contributed by atoms with E-state index < -0.39 is 5.97 Å². The van der Waals surface area contributed by atoms with Crippen LogP contribution in [-0.2, 0) is 30.9 Å². The number of halogens is 1. The van der Waals surface area contributed by atoms with Crippen molar-refractivity contribution in [2.45, 2.75) is 38.5 Å². The van der Waals surface area contributed by atoms with Crippen LogP contribution in [0.2, 0.25) is 0 Å². The lowest BCUT2D eigenvalue weighted by atomic mass is 9.96. The Balaban J connectivity index is 1.33. The summed E-state index contributed by atoms with van der Waals surface area (Å²) >= 11 is 5.46. The molecule has 0 fully saturated rings. The van der Waals surface area contributed by atoms with Gasteiger partial charge >= 0.3 is 5.97 Å². The SMILES string of the molecule is C=C[C@@H](CC(=O)O)c1ccc(OCc2cccc(CN3CCc4sc(Br)cc4C3)c2)cc1. The van der Waals surface area contributed by atoms with E-state index in [2.05, 4.69) is 57.7 Å². The summed E-state index contributed by atoms with van der Waals surface area (Å²) in [5, 5.41) is 9.03. The number of benzene rings is 2. The molecule has 0 bridgehead atoms. The highest BCUT2D eigenvalue weighted by atomic mass is 79.9. The summed E-state index contributed by atoms with van der Waals surface area (Å²) in [5.41, 5.74) is 4.80. The zero-order valence-corrected chi connectivity index (χ0v) is 20.2. The Labute approximate surface area is 201 Å². The number of carboxylic acid groups (broad SMARTS) is 1. The fourth-order valence-corrected chi connectivity index (χ4v) is 5.82. The molecule has 0 unspecified atom stereocenters. The molecule has 1 atom stereocenters. The third kappa shape index (κ3) is 5.88. The lowest BCUT2D eigenvalue weighted by Gasteiger charge is -2.26. The second-order valence-electron chi connectivity index (χ2n) is 8.08. The molecule has 166 valence electrons. The van der Waals surface area contributed by atoms with Gasteiger partial charge in [-0.3, -0.25) is 9.69 Å². The van der Waals surface area contributed by atoms with E-state index in [9.17, 15) is 4.79 Å². The van der Waals surface area contributed by atoms with E-state index in [1.54, 1.807) is 6.08 Å². The van der Waals surface area contributed by atoms with Gasteiger partial charge in [0.2, 0.25) is 0 Å². The molecule has 32 heavy (non-hydrogen) atoms. The van der Waals surface area contributed by atoms with Crippen molar-refractivity contribution in [1.29, 1.82) is 0 Å². The first-order valence-corrected chi connectivity index (χ1v) is 12.3. The molecule has 1 N–H and O–H groups in total. The Morgan fingerprint density at radius 2 is 2.00 bits per heavy atom. The first-order valence-electron chi connectivity index (χ1n) is 10.6. The van der Waals surface area contributed by atoms with Gasteiger partial charge in [0.05, 0.1) is 10.2 Å². The minimum Gasteiger partial charge on any atom is -0.489 e. The fourth-order valence-electron chi connectivity index (χ4n) is 4.07. The molecule has 4 nitrogen and oxygen atoms in total. The van der Waals surface area contributed by atoms with Crippen LogP contribution >= 0.6 is 27.3 Å². The van der Waals surface area contributed by atoms with Crippen molar-refractivity contribution >= 4 is 33.2 Å². The zero-order valence-electron chi connectivity index (χ0n) is 17.8. The maximum Gasteiger partial charge on any atom is 0.304 e. The van der Waals surface area contributed by atoms with Crippen molar-refractivity contribution in [3.05, 3.63) is 98.2 Å². The van der Waals surface area contributed by atoms with Crippen LogP contribution < -0.4 is 4.74 Å². The van der Waals surface area contributed by atoms with Crippen LogP contribution in [0, 0.1) is 0 Å². The molecule has 0 aliphatic carbocycles. The van der Waals surface area contributed by atoms with Gasteiger partial charge < -0.3 is 9.84 Å². The summed E-state index contributed by atoms with van der Waals surface area (Å²) in [5.74, 6) is -0.258. The molecule has 0 radical (unpaired) electrons. The molecule has 1 aliphatic rings. The van der Waals surface area contributed by atoms with E-state index in [1.807, 2.05) is 35.6 Å². The van der Waals surface area contributed by atoms with Crippen LogP contribution in [0.3, 0.4) is 0 Å². The number of aliphatic carboxylic acids is 1. The minimum absolute atomic E-state index is 0.0402. The van der Waals surface area contributed by atoms with Crippen molar-refractivity contribution in [1.82, 2.24) is 4.90 Å². The average molecular weight is 512 g/mol. The first-order chi connectivity index (χ1) is 15.5.